The van der Waals surface area contributed by atoms with E-state index in [4.69, 9.17) is 9.47 Å². The van der Waals surface area contributed by atoms with Gasteiger partial charge in [0.05, 0.1) is 5.69 Å². The lowest BCUT2D eigenvalue weighted by atomic mass is 9.91. The van der Waals surface area contributed by atoms with Crippen molar-refractivity contribution in [2.24, 2.45) is 0 Å². The first-order valence-corrected chi connectivity index (χ1v) is 9.41. The number of ether oxygens (including phenoxy) is 2. The zero-order valence-electron chi connectivity index (χ0n) is 15.9. The number of carbonyl (C=O) groups excluding carboxylic acids is 1. The lowest BCUT2D eigenvalue weighted by Gasteiger charge is -2.34. The van der Waals surface area contributed by atoms with Gasteiger partial charge in [-0.1, -0.05) is 12.1 Å². The SMILES string of the molecule is COC1(C(=O)Nc2cccc(OCc3cn4ccccc4n3)c2)CCNCC1. The third kappa shape index (κ3) is 3.85. The van der Waals surface area contributed by atoms with Crippen molar-refractivity contribution in [3.63, 3.8) is 0 Å². The van der Waals surface area contributed by atoms with Gasteiger partial charge in [-0.05, 0) is 50.2 Å². The number of benzene rings is 1. The molecule has 1 fully saturated rings. The first-order chi connectivity index (χ1) is 13.7. The fraction of sp³-hybridized carbons (Fsp3) is 0.333. The van der Waals surface area contributed by atoms with Gasteiger partial charge in [-0.3, -0.25) is 4.79 Å². The fourth-order valence-electron chi connectivity index (χ4n) is 3.48. The van der Waals surface area contributed by atoms with Crippen LogP contribution in [0.15, 0.2) is 54.9 Å². The minimum atomic E-state index is -0.779. The Bertz CT molecular complexity index is 930. The molecule has 3 aromatic rings. The van der Waals surface area contributed by atoms with Crippen LogP contribution in [0.2, 0.25) is 0 Å². The highest BCUT2D eigenvalue weighted by Crippen LogP contribution is 2.26. The first kappa shape index (κ1) is 18.5. The summed E-state index contributed by atoms with van der Waals surface area (Å²) in [5.41, 5.74) is 1.63. The standard InChI is InChI=1S/C21H24N4O3/c1-27-21(8-10-22-11-9-21)20(26)24-16-5-4-6-18(13-16)28-15-17-14-25-12-3-2-7-19(25)23-17/h2-7,12-14,22H,8-11,15H2,1H3,(H,24,26). The monoisotopic (exact) mass is 380 g/mol. The van der Waals surface area contributed by atoms with E-state index in [9.17, 15) is 4.79 Å². The Balaban J connectivity index is 1.41. The van der Waals surface area contributed by atoms with Gasteiger partial charge in [0.1, 0.15) is 23.6 Å². The second-order valence-electron chi connectivity index (χ2n) is 6.92. The number of anilines is 1. The highest BCUT2D eigenvalue weighted by Gasteiger charge is 2.39. The quantitative estimate of drug-likeness (QED) is 0.687. The summed E-state index contributed by atoms with van der Waals surface area (Å²) in [6.45, 7) is 1.89. The molecule has 146 valence electrons. The molecule has 7 heteroatoms. The average Bonchev–Trinajstić information content (AvgIpc) is 3.16. The third-order valence-electron chi connectivity index (χ3n) is 5.11. The molecule has 1 aliphatic heterocycles. The molecular formula is C21H24N4O3. The van der Waals surface area contributed by atoms with E-state index < -0.39 is 5.60 Å². The smallest absolute Gasteiger partial charge is 0.256 e. The molecule has 1 amide bonds. The van der Waals surface area contributed by atoms with Crippen LogP contribution in [0.3, 0.4) is 0 Å². The van der Waals surface area contributed by atoms with Crippen LogP contribution in [0.5, 0.6) is 5.75 Å². The number of pyridine rings is 1. The van der Waals surface area contributed by atoms with Gasteiger partial charge in [0.25, 0.3) is 5.91 Å². The number of rotatable bonds is 6. The highest BCUT2D eigenvalue weighted by atomic mass is 16.5. The van der Waals surface area contributed by atoms with E-state index >= 15 is 0 Å². The van der Waals surface area contributed by atoms with Crippen LogP contribution in [-0.4, -0.2) is 41.1 Å². The summed E-state index contributed by atoms with van der Waals surface area (Å²) < 4.78 is 13.4. The Kier molecular flexibility index (Phi) is 5.27. The van der Waals surface area contributed by atoms with Crippen molar-refractivity contribution in [1.29, 1.82) is 0 Å². The van der Waals surface area contributed by atoms with Gasteiger partial charge in [-0.15, -0.1) is 0 Å². The summed E-state index contributed by atoms with van der Waals surface area (Å²) in [7, 11) is 1.60. The van der Waals surface area contributed by atoms with Crippen LogP contribution in [0.4, 0.5) is 5.69 Å². The van der Waals surface area contributed by atoms with Crippen molar-refractivity contribution >= 4 is 17.2 Å². The number of nitrogens with one attached hydrogen (secondary N) is 2. The van der Waals surface area contributed by atoms with Gasteiger partial charge in [0.15, 0.2) is 0 Å². The summed E-state index contributed by atoms with van der Waals surface area (Å²) in [5.74, 6) is 0.556. The van der Waals surface area contributed by atoms with Crippen LogP contribution >= 0.6 is 0 Å². The van der Waals surface area contributed by atoms with Crippen molar-refractivity contribution in [1.82, 2.24) is 14.7 Å². The second-order valence-corrected chi connectivity index (χ2v) is 6.92. The molecular weight excluding hydrogens is 356 g/mol. The molecule has 1 saturated heterocycles. The molecule has 0 bridgehead atoms. The Hall–Kier alpha value is -2.90. The molecule has 1 aliphatic rings. The number of aromatic nitrogens is 2. The van der Waals surface area contributed by atoms with Gasteiger partial charge in [-0.25, -0.2) is 4.98 Å². The molecule has 7 nitrogen and oxygen atoms in total. The topological polar surface area (TPSA) is 76.9 Å². The molecule has 1 aromatic carbocycles. The molecule has 0 atom stereocenters. The highest BCUT2D eigenvalue weighted by molar-refractivity contribution is 5.97. The number of hydrogen-bond acceptors (Lipinski definition) is 5. The number of nitrogens with zero attached hydrogens (tertiary/aromatic N) is 2. The Morgan fingerprint density at radius 1 is 1.25 bits per heavy atom. The minimum Gasteiger partial charge on any atom is -0.487 e. The van der Waals surface area contributed by atoms with Gasteiger partial charge in [0.2, 0.25) is 0 Å². The summed E-state index contributed by atoms with van der Waals surface area (Å²) >= 11 is 0. The van der Waals surface area contributed by atoms with E-state index in [1.807, 2.05) is 59.3 Å². The number of fused-ring (bicyclic) bond motifs is 1. The van der Waals surface area contributed by atoms with Crippen LogP contribution in [0.25, 0.3) is 5.65 Å². The van der Waals surface area contributed by atoms with Crippen molar-refractivity contribution < 1.29 is 14.3 Å². The van der Waals surface area contributed by atoms with Crippen molar-refractivity contribution in [2.45, 2.75) is 25.0 Å². The third-order valence-corrected chi connectivity index (χ3v) is 5.11. The molecule has 3 heterocycles. The second kappa shape index (κ2) is 8.00. The predicted octanol–water partition coefficient (Wildman–Crippen LogP) is 2.62. The molecule has 2 N–H and O–H groups in total. The number of hydrogen-bond donors (Lipinski definition) is 2. The van der Waals surface area contributed by atoms with E-state index in [1.54, 1.807) is 7.11 Å². The van der Waals surface area contributed by atoms with Crippen LogP contribution in [0, 0.1) is 0 Å². The number of piperidine rings is 1. The van der Waals surface area contributed by atoms with Crippen molar-refractivity contribution in [3.8, 4) is 5.75 Å². The Morgan fingerprint density at radius 3 is 2.89 bits per heavy atom. The van der Waals surface area contributed by atoms with E-state index in [1.165, 1.54) is 0 Å². The van der Waals surface area contributed by atoms with E-state index in [2.05, 4.69) is 15.6 Å². The Labute approximate surface area is 163 Å². The van der Waals surface area contributed by atoms with Gasteiger partial charge >= 0.3 is 0 Å². The van der Waals surface area contributed by atoms with E-state index in [-0.39, 0.29) is 5.91 Å². The Morgan fingerprint density at radius 2 is 2.11 bits per heavy atom. The van der Waals surface area contributed by atoms with Gasteiger partial charge in [-0.2, -0.15) is 0 Å². The predicted molar refractivity (Wildman–Crippen MR) is 106 cm³/mol. The zero-order valence-corrected chi connectivity index (χ0v) is 15.9. The van der Waals surface area contributed by atoms with Crippen LogP contribution in [0.1, 0.15) is 18.5 Å². The molecule has 0 saturated carbocycles. The maximum Gasteiger partial charge on any atom is 0.256 e. The molecule has 4 rings (SSSR count). The molecule has 0 spiro atoms. The summed E-state index contributed by atoms with van der Waals surface area (Å²) in [4.78, 5) is 17.3. The number of amides is 1. The van der Waals surface area contributed by atoms with Crippen LogP contribution in [-0.2, 0) is 16.1 Å². The lowest BCUT2D eigenvalue weighted by Crippen LogP contribution is -2.51. The fourth-order valence-corrected chi connectivity index (χ4v) is 3.48. The van der Waals surface area contributed by atoms with Gasteiger partial charge < -0.3 is 24.5 Å². The summed E-state index contributed by atoms with van der Waals surface area (Å²) in [6.07, 6.45) is 5.20. The summed E-state index contributed by atoms with van der Waals surface area (Å²) in [5, 5.41) is 6.23. The molecule has 0 unspecified atom stereocenters. The number of imidazole rings is 1. The normalized spacial score (nSPS) is 16.0. The van der Waals surface area contributed by atoms with E-state index in [0.29, 0.717) is 30.9 Å². The molecule has 0 radical (unpaired) electrons. The largest absolute Gasteiger partial charge is 0.487 e. The maximum absolute atomic E-state index is 12.8. The van der Waals surface area contributed by atoms with Crippen molar-refractivity contribution in [3.05, 3.63) is 60.6 Å². The minimum absolute atomic E-state index is 0.117. The number of methoxy groups -OCH3 is 1. The average molecular weight is 380 g/mol. The van der Waals surface area contributed by atoms with Crippen LogP contribution < -0.4 is 15.4 Å². The van der Waals surface area contributed by atoms with Gasteiger partial charge in [0, 0.05) is 31.3 Å². The summed E-state index contributed by atoms with van der Waals surface area (Å²) in [6, 6.07) is 13.2. The lowest BCUT2D eigenvalue weighted by molar-refractivity contribution is -0.140. The molecule has 2 aromatic heterocycles. The van der Waals surface area contributed by atoms with E-state index in [0.717, 1.165) is 24.4 Å². The number of carbonyl (C=O) groups is 1. The van der Waals surface area contributed by atoms with Crippen molar-refractivity contribution in [2.75, 3.05) is 25.5 Å². The zero-order chi connectivity index (χ0) is 19.4. The first-order valence-electron chi connectivity index (χ1n) is 9.41. The molecule has 0 aliphatic carbocycles. The maximum atomic E-state index is 12.8. The molecule has 28 heavy (non-hydrogen) atoms.